The molecular weight excluding hydrogens is 216 g/mol. The Labute approximate surface area is 101 Å². The maximum Gasteiger partial charge on any atom is 0.337 e. The van der Waals surface area contributed by atoms with E-state index in [1.165, 1.54) is 31.1 Å². The fourth-order valence-corrected chi connectivity index (χ4v) is 2.51. The largest absolute Gasteiger partial charge is 0.465 e. The van der Waals surface area contributed by atoms with Crippen molar-refractivity contribution in [1.29, 1.82) is 0 Å². The highest BCUT2D eigenvalue weighted by molar-refractivity contribution is 5.89. The smallest absolute Gasteiger partial charge is 0.337 e. The second-order valence-electron chi connectivity index (χ2n) is 5.14. The first-order valence-corrected chi connectivity index (χ1v) is 6.00. The third-order valence-electron chi connectivity index (χ3n) is 3.82. The Bertz CT molecular complexity index is 461. The molecule has 1 spiro atoms. The molecule has 90 valence electrons. The van der Waals surface area contributed by atoms with Crippen LogP contribution in [0.3, 0.4) is 0 Å². The van der Waals surface area contributed by atoms with Gasteiger partial charge in [0.2, 0.25) is 0 Å². The lowest BCUT2D eigenvalue weighted by Crippen LogP contribution is -2.10. The molecule has 1 aromatic rings. The molecule has 17 heavy (non-hydrogen) atoms. The minimum atomic E-state index is -0.261. The van der Waals surface area contributed by atoms with Gasteiger partial charge in [-0.2, -0.15) is 0 Å². The van der Waals surface area contributed by atoms with Crippen LogP contribution in [0.5, 0.6) is 0 Å². The summed E-state index contributed by atoms with van der Waals surface area (Å²) in [5.41, 5.74) is 3.47. The molecule has 0 bridgehead atoms. The number of fused-ring (bicyclic) bond motifs is 1. The number of benzene rings is 1. The van der Waals surface area contributed by atoms with E-state index in [9.17, 15) is 4.79 Å². The van der Waals surface area contributed by atoms with Crippen LogP contribution in [0.15, 0.2) is 18.2 Å². The monoisotopic (exact) mass is 232 g/mol. The van der Waals surface area contributed by atoms with Crippen LogP contribution in [0.25, 0.3) is 0 Å². The predicted octanol–water partition coefficient (Wildman–Crippen LogP) is 2.33. The van der Waals surface area contributed by atoms with Gasteiger partial charge in [0, 0.05) is 0 Å². The van der Waals surface area contributed by atoms with Crippen molar-refractivity contribution in [2.75, 3.05) is 13.7 Å². The van der Waals surface area contributed by atoms with Crippen molar-refractivity contribution in [2.45, 2.75) is 25.9 Å². The van der Waals surface area contributed by atoms with Gasteiger partial charge >= 0.3 is 5.97 Å². The second-order valence-corrected chi connectivity index (χ2v) is 5.14. The molecule has 0 N–H and O–H groups in total. The van der Waals surface area contributed by atoms with E-state index in [0.29, 0.717) is 17.6 Å². The van der Waals surface area contributed by atoms with Gasteiger partial charge in [0.1, 0.15) is 0 Å². The highest BCUT2D eigenvalue weighted by Gasteiger charge is 2.44. The van der Waals surface area contributed by atoms with Gasteiger partial charge in [-0.25, -0.2) is 4.79 Å². The number of hydrogen-bond donors (Lipinski definition) is 0. The van der Waals surface area contributed by atoms with Crippen LogP contribution in [0, 0.1) is 5.41 Å². The Balaban J connectivity index is 1.95. The first-order chi connectivity index (χ1) is 8.22. The SMILES string of the molecule is COC(=O)c1ccc2c(c1)CC1(CC1)COC2. The molecule has 0 radical (unpaired) electrons. The average Bonchev–Trinajstić information content (AvgIpc) is 3.13. The minimum Gasteiger partial charge on any atom is -0.465 e. The van der Waals surface area contributed by atoms with Crippen LogP contribution >= 0.6 is 0 Å². The summed E-state index contributed by atoms with van der Waals surface area (Å²) in [6, 6.07) is 5.78. The third-order valence-corrected chi connectivity index (χ3v) is 3.82. The van der Waals surface area contributed by atoms with E-state index in [4.69, 9.17) is 9.47 Å². The number of rotatable bonds is 1. The second kappa shape index (κ2) is 3.84. The van der Waals surface area contributed by atoms with Crippen molar-refractivity contribution in [3.05, 3.63) is 34.9 Å². The maximum atomic E-state index is 11.5. The van der Waals surface area contributed by atoms with Gasteiger partial charge in [-0.3, -0.25) is 0 Å². The van der Waals surface area contributed by atoms with Gasteiger partial charge in [-0.05, 0) is 47.9 Å². The van der Waals surface area contributed by atoms with Crippen LogP contribution < -0.4 is 0 Å². The highest BCUT2D eigenvalue weighted by Crippen LogP contribution is 2.50. The number of ether oxygens (including phenoxy) is 2. The fourth-order valence-electron chi connectivity index (χ4n) is 2.51. The van der Waals surface area contributed by atoms with Crippen LogP contribution in [-0.2, 0) is 22.5 Å². The number of esters is 1. The van der Waals surface area contributed by atoms with Crippen molar-refractivity contribution < 1.29 is 14.3 Å². The topological polar surface area (TPSA) is 35.5 Å². The van der Waals surface area contributed by atoms with E-state index >= 15 is 0 Å². The molecule has 1 aromatic carbocycles. The van der Waals surface area contributed by atoms with E-state index in [2.05, 4.69) is 0 Å². The zero-order chi connectivity index (χ0) is 11.9. The van der Waals surface area contributed by atoms with E-state index in [0.717, 1.165) is 13.0 Å². The van der Waals surface area contributed by atoms with E-state index in [1.54, 1.807) is 0 Å². The molecule has 2 aliphatic rings. The highest BCUT2D eigenvalue weighted by atomic mass is 16.5. The molecule has 1 aliphatic carbocycles. The Hall–Kier alpha value is -1.35. The molecule has 1 aliphatic heterocycles. The molecular formula is C14H16O3. The molecule has 1 heterocycles. The van der Waals surface area contributed by atoms with Gasteiger partial charge in [0.15, 0.2) is 0 Å². The molecule has 0 atom stereocenters. The molecule has 1 fully saturated rings. The average molecular weight is 232 g/mol. The summed E-state index contributed by atoms with van der Waals surface area (Å²) in [6.45, 7) is 1.52. The van der Waals surface area contributed by atoms with Gasteiger partial charge in [-0.1, -0.05) is 6.07 Å². The molecule has 0 unspecified atom stereocenters. The summed E-state index contributed by atoms with van der Waals surface area (Å²) in [4.78, 5) is 11.5. The Morgan fingerprint density at radius 3 is 2.88 bits per heavy atom. The van der Waals surface area contributed by atoms with Crippen molar-refractivity contribution in [1.82, 2.24) is 0 Å². The first-order valence-electron chi connectivity index (χ1n) is 6.00. The molecule has 3 heteroatoms. The predicted molar refractivity (Wildman–Crippen MR) is 62.8 cm³/mol. The Morgan fingerprint density at radius 2 is 2.18 bits per heavy atom. The normalized spacial score (nSPS) is 20.5. The zero-order valence-corrected chi connectivity index (χ0v) is 9.99. The summed E-state index contributed by atoms with van der Waals surface area (Å²) >= 11 is 0. The van der Waals surface area contributed by atoms with Crippen molar-refractivity contribution in [3.8, 4) is 0 Å². The van der Waals surface area contributed by atoms with Crippen LogP contribution in [0.4, 0.5) is 0 Å². The van der Waals surface area contributed by atoms with E-state index in [-0.39, 0.29) is 5.97 Å². The van der Waals surface area contributed by atoms with Gasteiger partial charge in [-0.15, -0.1) is 0 Å². The van der Waals surface area contributed by atoms with Crippen LogP contribution in [0.1, 0.15) is 34.3 Å². The van der Waals surface area contributed by atoms with Gasteiger partial charge in [0.25, 0.3) is 0 Å². The van der Waals surface area contributed by atoms with Crippen molar-refractivity contribution in [3.63, 3.8) is 0 Å². The molecule has 1 saturated carbocycles. The van der Waals surface area contributed by atoms with E-state index < -0.39 is 0 Å². The Kier molecular flexibility index (Phi) is 2.44. The van der Waals surface area contributed by atoms with E-state index in [1.807, 2.05) is 18.2 Å². The molecule has 3 nitrogen and oxygen atoms in total. The number of carbonyl (C=O) groups is 1. The molecule has 0 saturated heterocycles. The fraction of sp³-hybridized carbons (Fsp3) is 0.500. The standard InChI is InChI=1S/C14H16O3/c1-16-13(15)10-2-3-11-8-17-9-14(4-5-14)7-12(11)6-10/h2-3,6H,4-5,7-9H2,1H3. The lowest BCUT2D eigenvalue weighted by molar-refractivity contribution is 0.0600. The number of methoxy groups -OCH3 is 1. The lowest BCUT2D eigenvalue weighted by Gasteiger charge is -2.11. The Morgan fingerprint density at radius 1 is 1.35 bits per heavy atom. The first kappa shape index (κ1) is 10.8. The van der Waals surface area contributed by atoms with Crippen LogP contribution in [0.2, 0.25) is 0 Å². The molecule has 3 rings (SSSR count). The quantitative estimate of drug-likeness (QED) is 0.697. The zero-order valence-electron chi connectivity index (χ0n) is 9.99. The summed E-state index contributed by atoms with van der Waals surface area (Å²) in [6.07, 6.45) is 3.52. The number of carbonyl (C=O) groups excluding carboxylic acids is 1. The molecule has 0 aromatic heterocycles. The lowest BCUT2D eigenvalue weighted by atomic mass is 9.94. The minimum absolute atomic E-state index is 0.261. The molecule has 0 amide bonds. The van der Waals surface area contributed by atoms with Gasteiger partial charge in [0.05, 0.1) is 25.9 Å². The third kappa shape index (κ3) is 1.95. The summed E-state index contributed by atoms with van der Waals surface area (Å²) in [7, 11) is 1.42. The maximum absolute atomic E-state index is 11.5. The number of hydrogen-bond acceptors (Lipinski definition) is 3. The van der Waals surface area contributed by atoms with Crippen LogP contribution in [-0.4, -0.2) is 19.7 Å². The summed E-state index contributed by atoms with van der Waals surface area (Å²) < 4.78 is 10.5. The summed E-state index contributed by atoms with van der Waals surface area (Å²) in [5, 5.41) is 0. The van der Waals surface area contributed by atoms with Gasteiger partial charge < -0.3 is 9.47 Å². The summed E-state index contributed by atoms with van der Waals surface area (Å²) in [5.74, 6) is -0.261. The van der Waals surface area contributed by atoms with Crippen molar-refractivity contribution in [2.24, 2.45) is 5.41 Å². The van der Waals surface area contributed by atoms with Crippen molar-refractivity contribution >= 4 is 5.97 Å².